The number of aryl methyl sites for hydroxylation is 1. The smallest absolute Gasteiger partial charge is 0.180 e. The minimum atomic E-state index is -0.0553. The van der Waals surface area contributed by atoms with Crippen molar-refractivity contribution in [2.75, 3.05) is 0 Å². The molecule has 17 heavy (non-hydrogen) atoms. The fourth-order valence-electron chi connectivity index (χ4n) is 2.10. The molecule has 4 heteroatoms. The van der Waals surface area contributed by atoms with Crippen molar-refractivity contribution in [1.29, 1.82) is 0 Å². The van der Waals surface area contributed by atoms with Crippen LogP contribution in [0.2, 0.25) is 0 Å². The number of fused-ring (bicyclic) bond motifs is 3. The summed E-state index contributed by atoms with van der Waals surface area (Å²) in [6.45, 7) is 1.82. The van der Waals surface area contributed by atoms with Crippen LogP contribution in [0, 0.1) is 6.92 Å². The second-order valence-corrected chi connectivity index (χ2v) is 3.96. The van der Waals surface area contributed by atoms with E-state index in [4.69, 9.17) is 0 Å². The SMILES string of the molecule is Cc1nc2ccc3ccc(=O)cc3n2/c1=C/O. The molecule has 0 atom stereocenters. The van der Waals surface area contributed by atoms with E-state index in [1.165, 1.54) is 6.07 Å². The lowest BCUT2D eigenvalue weighted by Crippen LogP contribution is -2.13. The maximum absolute atomic E-state index is 11.4. The van der Waals surface area contributed by atoms with Gasteiger partial charge in [0.25, 0.3) is 0 Å². The molecule has 1 N–H and O–H groups in total. The van der Waals surface area contributed by atoms with Crippen LogP contribution >= 0.6 is 0 Å². The number of nitrogens with zero attached hydrogens (tertiary/aromatic N) is 2. The summed E-state index contributed by atoms with van der Waals surface area (Å²) in [5.74, 6) is 0. The van der Waals surface area contributed by atoms with Crippen molar-refractivity contribution in [2.24, 2.45) is 0 Å². The Morgan fingerprint density at radius 3 is 2.82 bits per heavy atom. The summed E-state index contributed by atoms with van der Waals surface area (Å²) in [7, 11) is 0. The number of hydrogen-bond acceptors (Lipinski definition) is 3. The lowest BCUT2D eigenvalue weighted by Gasteiger charge is -2.00. The first kappa shape index (κ1) is 9.84. The quantitative estimate of drug-likeness (QED) is 0.626. The Kier molecular flexibility index (Phi) is 1.92. The highest BCUT2D eigenvalue weighted by molar-refractivity contribution is 5.82. The van der Waals surface area contributed by atoms with Gasteiger partial charge < -0.3 is 5.11 Å². The zero-order valence-corrected chi connectivity index (χ0v) is 9.21. The third kappa shape index (κ3) is 1.30. The third-order valence-electron chi connectivity index (χ3n) is 2.90. The maximum Gasteiger partial charge on any atom is 0.180 e. The molecule has 0 bridgehead atoms. The average molecular weight is 226 g/mol. The van der Waals surface area contributed by atoms with Gasteiger partial charge in [-0.2, -0.15) is 0 Å². The van der Waals surface area contributed by atoms with E-state index in [1.807, 2.05) is 19.1 Å². The molecule has 2 aromatic heterocycles. The van der Waals surface area contributed by atoms with Gasteiger partial charge in [0.1, 0.15) is 17.3 Å². The fraction of sp³-hybridized carbons (Fsp3) is 0.0769. The third-order valence-corrected chi connectivity index (χ3v) is 2.90. The Bertz CT molecular complexity index is 834. The zero-order valence-electron chi connectivity index (χ0n) is 9.21. The molecule has 0 unspecified atom stereocenters. The van der Waals surface area contributed by atoms with E-state index in [2.05, 4.69) is 4.98 Å². The highest BCUT2D eigenvalue weighted by atomic mass is 16.2. The molecule has 0 radical (unpaired) electrons. The average Bonchev–Trinajstić information content (AvgIpc) is 2.64. The van der Waals surface area contributed by atoms with E-state index >= 15 is 0 Å². The van der Waals surface area contributed by atoms with Crippen LogP contribution in [0.1, 0.15) is 5.69 Å². The van der Waals surface area contributed by atoms with E-state index in [-0.39, 0.29) is 5.43 Å². The lowest BCUT2D eigenvalue weighted by atomic mass is 10.2. The Morgan fingerprint density at radius 2 is 2.06 bits per heavy atom. The van der Waals surface area contributed by atoms with Crippen LogP contribution in [0.3, 0.4) is 0 Å². The van der Waals surface area contributed by atoms with Gasteiger partial charge >= 0.3 is 0 Å². The van der Waals surface area contributed by atoms with Crippen LogP contribution in [-0.4, -0.2) is 14.5 Å². The van der Waals surface area contributed by atoms with E-state index in [9.17, 15) is 9.90 Å². The van der Waals surface area contributed by atoms with Gasteiger partial charge in [-0.3, -0.25) is 9.20 Å². The van der Waals surface area contributed by atoms with E-state index < -0.39 is 0 Å². The van der Waals surface area contributed by atoms with Crippen LogP contribution in [0.25, 0.3) is 22.8 Å². The summed E-state index contributed by atoms with van der Waals surface area (Å²) in [4.78, 5) is 15.8. The molecular weight excluding hydrogens is 216 g/mol. The summed E-state index contributed by atoms with van der Waals surface area (Å²) in [5, 5.41) is 10.8. The van der Waals surface area contributed by atoms with Crippen molar-refractivity contribution in [2.45, 2.75) is 6.92 Å². The van der Waals surface area contributed by atoms with Crippen LogP contribution in [0.15, 0.2) is 35.1 Å². The lowest BCUT2D eigenvalue weighted by molar-refractivity contribution is 0.537. The van der Waals surface area contributed by atoms with Crippen molar-refractivity contribution in [3.05, 3.63) is 51.6 Å². The van der Waals surface area contributed by atoms with Crippen molar-refractivity contribution in [3.63, 3.8) is 0 Å². The summed E-state index contributed by atoms with van der Waals surface area (Å²) in [6, 6.07) is 8.63. The molecular formula is C13H10N2O2. The van der Waals surface area contributed by atoms with Gasteiger partial charge in [0, 0.05) is 6.07 Å². The van der Waals surface area contributed by atoms with Crippen molar-refractivity contribution in [3.8, 4) is 0 Å². The number of pyridine rings is 1. The van der Waals surface area contributed by atoms with Crippen molar-refractivity contribution >= 4 is 22.8 Å². The van der Waals surface area contributed by atoms with E-state index in [0.717, 1.165) is 28.5 Å². The number of imidazole rings is 1. The van der Waals surface area contributed by atoms with Gasteiger partial charge in [-0.25, -0.2) is 4.98 Å². The van der Waals surface area contributed by atoms with Crippen LogP contribution in [0.5, 0.6) is 0 Å². The number of benzene rings is 1. The second kappa shape index (κ2) is 3.31. The summed E-state index contributed by atoms with van der Waals surface area (Å²) in [6.07, 6.45) is 1.02. The Labute approximate surface area is 96.4 Å². The fourth-order valence-corrected chi connectivity index (χ4v) is 2.10. The highest BCUT2D eigenvalue weighted by Gasteiger charge is 2.06. The molecule has 0 aliphatic rings. The predicted octanol–water partition coefficient (Wildman–Crippen LogP) is 1.17. The zero-order chi connectivity index (χ0) is 12.0. The number of hydrogen-bond donors (Lipinski definition) is 1. The molecule has 0 amide bonds. The Hall–Kier alpha value is -2.36. The molecule has 0 spiro atoms. The van der Waals surface area contributed by atoms with E-state index in [0.29, 0.717) is 5.35 Å². The molecule has 3 rings (SSSR count). The molecule has 0 aliphatic heterocycles. The van der Waals surface area contributed by atoms with Gasteiger partial charge in [-0.15, -0.1) is 0 Å². The Morgan fingerprint density at radius 1 is 1.29 bits per heavy atom. The molecule has 1 aromatic carbocycles. The second-order valence-electron chi connectivity index (χ2n) is 3.96. The topological polar surface area (TPSA) is 54.6 Å². The maximum atomic E-state index is 11.4. The molecule has 0 saturated carbocycles. The normalized spacial score (nSPS) is 12.6. The first-order valence-electron chi connectivity index (χ1n) is 5.27. The first-order chi connectivity index (χ1) is 8.20. The van der Waals surface area contributed by atoms with Gasteiger partial charge in [0.15, 0.2) is 5.43 Å². The number of aromatic nitrogens is 2. The molecule has 2 heterocycles. The molecule has 84 valence electrons. The van der Waals surface area contributed by atoms with Gasteiger partial charge in [-0.1, -0.05) is 0 Å². The van der Waals surface area contributed by atoms with Crippen LogP contribution in [0.4, 0.5) is 0 Å². The number of aliphatic hydroxyl groups is 1. The molecule has 0 fully saturated rings. The van der Waals surface area contributed by atoms with Crippen molar-refractivity contribution < 1.29 is 5.11 Å². The molecule has 0 saturated heterocycles. The van der Waals surface area contributed by atoms with Crippen molar-refractivity contribution in [1.82, 2.24) is 9.38 Å². The highest BCUT2D eigenvalue weighted by Crippen LogP contribution is 2.13. The first-order valence-corrected chi connectivity index (χ1v) is 5.27. The molecule has 3 aromatic rings. The predicted molar refractivity (Wildman–Crippen MR) is 66.0 cm³/mol. The monoisotopic (exact) mass is 226 g/mol. The Balaban J connectivity index is 2.71. The van der Waals surface area contributed by atoms with E-state index in [1.54, 1.807) is 16.5 Å². The number of rotatable bonds is 0. The molecule has 4 nitrogen and oxygen atoms in total. The number of aliphatic hydroxyl groups excluding tert-OH is 1. The summed E-state index contributed by atoms with van der Waals surface area (Å²) >= 11 is 0. The standard InChI is InChI=1S/C13H10N2O2/c1-8-12(7-16)15-11-6-10(17)4-2-9(11)3-5-13(15)14-8/h2-7,16H,1H3/b12-7+. The largest absolute Gasteiger partial charge is 0.513 e. The minimum Gasteiger partial charge on any atom is -0.513 e. The van der Waals surface area contributed by atoms with Gasteiger partial charge in [0.05, 0.1) is 11.2 Å². The van der Waals surface area contributed by atoms with Gasteiger partial charge in [-0.05, 0) is 36.6 Å². The summed E-state index contributed by atoms with van der Waals surface area (Å²) < 4.78 is 1.78. The van der Waals surface area contributed by atoms with Crippen LogP contribution < -0.4 is 10.8 Å². The molecule has 0 aliphatic carbocycles. The van der Waals surface area contributed by atoms with Gasteiger partial charge in [0.2, 0.25) is 0 Å². The summed E-state index contributed by atoms with van der Waals surface area (Å²) in [5.41, 5.74) is 2.16. The minimum absolute atomic E-state index is 0.0553. The van der Waals surface area contributed by atoms with Crippen LogP contribution in [-0.2, 0) is 0 Å².